The Labute approximate surface area is 159 Å². The number of ether oxygens (including phenoxy) is 1. The number of likely N-dealkylation sites (tertiary alicyclic amines) is 1. The third-order valence-corrected chi connectivity index (χ3v) is 4.55. The van der Waals surface area contributed by atoms with Gasteiger partial charge in [-0.25, -0.2) is 4.98 Å². The van der Waals surface area contributed by atoms with Gasteiger partial charge in [0.05, 0.1) is 24.2 Å². The maximum atomic E-state index is 14.2. The van der Waals surface area contributed by atoms with Crippen LogP contribution in [0.25, 0.3) is 0 Å². The molecule has 1 aliphatic rings. The first kappa shape index (κ1) is 20.0. The average Bonchev–Trinajstić information content (AvgIpc) is 3.12. The van der Waals surface area contributed by atoms with E-state index in [0.717, 1.165) is 12.1 Å². The number of rotatable bonds is 5. The maximum absolute atomic E-state index is 14.2. The van der Waals surface area contributed by atoms with Crippen molar-refractivity contribution in [3.8, 4) is 5.88 Å². The van der Waals surface area contributed by atoms with Gasteiger partial charge in [0.1, 0.15) is 12.4 Å². The van der Waals surface area contributed by atoms with Crippen molar-refractivity contribution < 1.29 is 27.1 Å². The van der Waals surface area contributed by atoms with Crippen LogP contribution in [0.5, 0.6) is 5.88 Å². The second-order valence-corrected chi connectivity index (χ2v) is 6.54. The zero-order chi connectivity index (χ0) is 20.3. The molecule has 1 fully saturated rings. The second-order valence-electron chi connectivity index (χ2n) is 6.54. The van der Waals surface area contributed by atoms with Crippen molar-refractivity contribution in [2.75, 3.05) is 13.1 Å². The van der Waals surface area contributed by atoms with Gasteiger partial charge in [-0.15, -0.1) is 0 Å². The Balaban J connectivity index is 1.60. The number of benzene rings is 1. The summed E-state index contributed by atoms with van der Waals surface area (Å²) in [6.07, 6.45) is -2.92. The van der Waals surface area contributed by atoms with Crippen LogP contribution in [0.1, 0.15) is 30.2 Å². The molecule has 0 aliphatic carbocycles. The van der Waals surface area contributed by atoms with Crippen LogP contribution in [-0.2, 0) is 23.8 Å². The predicted octanol–water partition coefficient (Wildman–Crippen LogP) is 3.42. The molecule has 0 radical (unpaired) electrons. The van der Waals surface area contributed by atoms with Gasteiger partial charge >= 0.3 is 6.18 Å². The normalized spacial score (nSPS) is 17.0. The molecule has 5 nitrogen and oxygen atoms in total. The van der Waals surface area contributed by atoms with Crippen LogP contribution in [0.15, 0.2) is 30.6 Å². The van der Waals surface area contributed by atoms with E-state index in [1.165, 1.54) is 23.4 Å². The zero-order valence-corrected chi connectivity index (χ0v) is 15.2. The van der Waals surface area contributed by atoms with Gasteiger partial charge in [0.25, 0.3) is 5.88 Å². The predicted molar refractivity (Wildman–Crippen MR) is 92.1 cm³/mol. The van der Waals surface area contributed by atoms with E-state index < -0.39 is 23.7 Å². The number of alkyl halides is 3. The minimum atomic E-state index is -4.45. The van der Waals surface area contributed by atoms with E-state index in [0.29, 0.717) is 24.9 Å². The van der Waals surface area contributed by atoms with E-state index in [1.807, 2.05) is 0 Å². The number of hydrogen-bond acceptors (Lipinski definition) is 4. The van der Waals surface area contributed by atoms with Crippen molar-refractivity contribution in [1.82, 2.24) is 14.9 Å². The number of carbonyl (C=O) groups is 1. The standard InChI is InChI=1S/C19H19F4N3O2/c1-2-15-17(20)18(25-11-24-15)28-14-6-7-26(10-14)16(27)9-12-4-3-5-13(8-12)19(21,22)23/h3-5,8,11,14H,2,6-7,9-10H2,1H3. The highest BCUT2D eigenvalue weighted by Crippen LogP contribution is 2.30. The Morgan fingerprint density at radius 3 is 2.82 bits per heavy atom. The molecule has 1 unspecified atom stereocenters. The molecule has 0 N–H and O–H groups in total. The minimum absolute atomic E-state index is 0.140. The van der Waals surface area contributed by atoms with Gasteiger partial charge in [0.15, 0.2) is 0 Å². The molecular formula is C19H19F4N3O2. The lowest BCUT2D eigenvalue weighted by atomic mass is 10.1. The number of amides is 1. The van der Waals surface area contributed by atoms with Gasteiger partial charge in [0.2, 0.25) is 11.7 Å². The Hall–Kier alpha value is -2.71. The summed E-state index contributed by atoms with van der Waals surface area (Å²) < 4.78 is 58.2. The van der Waals surface area contributed by atoms with E-state index in [4.69, 9.17) is 4.74 Å². The van der Waals surface area contributed by atoms with Crippen LogP contribution in [0.2, 0.25) is 0 Å². The maximum Gasteiger partial charge on any atom is 0.416 e. The van der Waals surface area contributed by atoms with E-state index in [2.05, 4.69) is 9.97 Å². The molecule has 9 heteroatoms. The van der Waals surface area contributed by atoms with Crippen molar-refractivity contribution in [3.05, 3.63) is 53.2 Å². The summed E-state index contributed by atoms with van der Waals surface area (Å²) in [5.41, 5.74) is -0.245. The molecule has 1 aromatic heterocycles. The summed E-state index contributed by atoms with van der Waals surface area (Å²) in [7, 11) is 0. The second kappa shape index (κ2) is 8.12. The van der Waals surface area contributed by atoms with Crippen molar-refractivity contribution in [2.24, 2.45) is 0 Å². The van der Waals surface area contributed by atoms with Gasteiger partial charge in [-0.3, -0.25) is 4.79 Å². The SMILES string of the molecule is CCc1ncnc(OC2CCN(C(=O)Cc3cccc(C(F)(F)F)c3)C2)c1F. The van der Waals surface area contributed by atoms with Crippen LogP contribution < -0.4 is 4.74 Å². The quantitative estimate of drug-likeness (QED) is 0.726. The monoisotopic (exact) mass is 397 g/mol. The average molecular weight is 397 g/mol. The van der Waals surface area contributed by atoms with Gasteiger partial charge in [-0.05, 0) is 18.1 Å². The van der Waals surface area contributed by atoms with Crippen LogP contribution in [0.3, 0.4) is 0 Å². The number of carbonyl (C=O) groups excluding carboxylic acids is 1. The fourth-order valence-corrected chi connectivity index (χ4v) is 3.07. The lowest BCUT2D eigenvalue weighted by Gasteiger charge is -2.18. The molecule has 0 bridgehead atoms. The zero-order valence-electron chi connectivity index (χ0n) is 15.2. The molecule has 150 valence electrons. The first-order valence-corrected chi connectivity index (χ1v) is 8.88. The fraction of sp³-hybridized carbons (Fsp3) is 0.421. The molecule has 28 heavy (non-hydrogen) atoms. The molecule has 2 aromatic rings. The number of halogens is 4. The highest BCUT2D eigenvalue weighted by molar-refractivity contribution is 5.79. The summed E-state index contributed by atoms with van der Waals surface area (Å²) in [6.45, 7) is 2.37. The van der Waals surface area contributed by atoms with Crippen molar-refractivity contribution >= 4 is 5.91 Å². The third-order valence-electron chi connectivity index (χ3n) is 4.55. The first-order valence-electron chi connectivity index (χ1n) is 8.88. The summed E-state index contributed by atoms with van der Waals surface area (Å²) in [5, 5.41) is 0. The summed E-state index contributed by atoms with van der Waals surface area (Å²) in [5.74, 6) is -1.06. The molecule has 1 aliphatic heterocycles. The number of aromatic nitrogens is 2. The Bertz CT molecular complexity index is 857. The molecule has 1 amide bonds. The van der Waals surface area contributed by atoms with E-state index in [9.17, 15) is 22.4 Å². The van der Waals surface area contributed by atoms with Gasteiger partial charge in [-0.2, -0.15) is 22.5 Å². The lowest BCUT2D eigenvalue weighted by molar-refractivity contribution is -0.138. The van der Waals surface area contributed by atoms with Gasteiger partial charge < -0.3 is 9.64 Å². The van der Waals surface area contributed by atoms with Gasteiger partial charge in [0, 0.05) is 13.0 Å². The van der Waals surface area contributed by atoms with E-state index in [1.54, 1.807) is 6.92 Å². The Morgan fingerprint density at radius 1 is 1.32 bits per heavy atom. The van der Waals surface area contributed by atoms with Gasteiger partial charge in [-0.1, -0.05) is 25.1 Å². The lowest BCUT2D eigenvalue weighted by Crippen LogP contribution is -2.32. The molecule has 1 atom stereocenters. The first-order chi connectivity index (χ1) is 13.3. The molecule has 1 saturated heterocycles. The van der Waals surface area contributed by atoms with Crippen molar-refractivity contribution in [3.63, 3.8) is 0 Å². The molecular weight excluding hydrogens is 378 g/mol. The van der Waals surface area contributed by atoms with Crippen LogP contribution in [0, 0.1) is 5.82 Å². The third kappa shape index (κ3) is 4.58. The van der Waals surface area contributed by atoms with E-state index in [-0.39, 0.29) is 30.4 Å². The topological polar surface area (TPSA) is 55.3 Å². The number of hydrogen-bond donors (Lipinski definition) is 0. The highest BCUT2D eigenvalue weighted by Gasteiger charge is 2.32. The minimum Gasteiger partial charge on any atom is -0.470 e. The van der Waals surface area contributed by atoms with Crippen molar-refractivity contribution in [1.29, 1.82) is 0 Å². The van der Waals surface area contributed by atoms with E-state index >= 15 is 0 Å². The Kier molecular flexibility index (Phi) is 5.81. The van der Waals surface area contributed by atoms with Crippen LogP contribution in [-0.4, -0.2) is 40.0 Å². The smallest absolute Gasteiger partial charge is 0.416 e. The largest absolute Gasteiger partial charge is 0.470 e. The molecule has 0 saturated carbocycles. The highest BCUT2D eigenvalue weighted by atomic mass is 19.4. The van der Waals surface area contributed by atoms with Crippen LogP contribution in [0.4, 0.5) is 17.6 Å². The summed E-state index contributed by atoms with van der Waals surface area (Å²) in [4.78, 5) is 21.6. The number of aryl methyl sites for hydroxylation is 1. The Morgan fingerprint density at radius 2 is 2.11 bits per heavy atom. The summed E-state index contributed by atoms with van der Waals surface area (Å²) >= 11 is 0. The molecule has 3 rings (SSSR count). The molecule has 0 spiro atoms. The number of nitrogens with zero attached hydrogens (tertiary/aromatic N) is 3. The molecule has 2 heterocycles. The van der Waals surface area contributed by atoms with Crippen molar-refractivity contribution in [2.45, 2.75) is 38.5 Å². The summed E-state index contributed by atoms with van der Waals surface area (Å²) in [6, 6.07) is 4.71. The fourth-order valence-electron chi connectivity index (χ4n) is 3.07. The van der Waals surface area contributed by atoms with Crippen LogP contribution >= 0.6 is 0 Å². The molecule has 1 aromatic carbocycles.